The Balaban J connectivity index is 2.23. The molecule has 2 amide bonds. The first-order chi connectivity index (χ1) is 9.93. The third-order valence-corrected chi connectivity index (χ3v) is 3.51. The van der Waals surface area contributed by atoms with Crippen molar-refractivity contribution in [1.82, 2.24) is 14.7 Å². The van der Waals surface area contributed by atoms with Crippen molar-refractivity contribution in [2.45, 2.75) is 33.2 Å². The number of likely N-dealkylation sites (tertiary alicyclic amines) is 1. The van der Waals surface area contributed by atoms with E-state index < -0.39 is 5.97 Å². The van der Waals surface area contributed by atoms with Crippen molar-refractivity contribution >= 4 is 17.8 Å². The molecule has 0 aromatic carbocycles. The van der Waals surface area contributed by atoms with Gasteiger partial charge >= 0.3 is 5.97 Å². The monoisotopic (exact) mass is 293 g/mol. The van der Waals surface area contributed by atoms with Crippen LogP contribution in [0.25, 0.3) is 0 Å². The largest absolute Gasteiger partial charge is 0.462 e. The van der Waals surface area contributed by atoms with E-state index >= 15 is 0 Å². The maximum Gasteiger partial charge on any atom is 0.341 e. The Morgan fingerprint density at radius 1 is 1.38 bits per heavy atom. The number of piperidine rings is 1. The van der Waals surface area contributed by atoms with Gasteiger partial charge in [-0.15, -0.1) is 0 Å². The lowest BCUT2D eigenvalue weighted by molar-refractivity contribution is -0.150. The predicted molar refractivity (Wildman–Crippen MR) is 73.1 cm³/mol. The van der Waals surface area contributed by atoms with Crippen LogP contribution in [-0.4, -0.2) is 39.1 Å². The van der Waals surface area contributed by atoms with Crippen molar-refractivity contribution < 1.29 is 19.1 Å². The number of esters is 1. The van der Waals surface area contributed by atoms with Crippen molar-refractivity contribution in [3.8, 4) is 0 Å². The third-order valence-electron chi connectivity index (χ3n) is 3.51. The lowest BCUT2D eigenvalue weighted by Crippen LogP contribution is -2.42. The number of hydrogen-bond acceptors (Lipinski definition) is 5. The Kier molecular flexibility index (Phi) is 4.40. The second-order valence-corrected chi connectivity index (χ2v) is 5.24. The van der Waals surface area contributed by atoms with Gasteiger partial charge in [-0.25, -0.2) is 4.79 Å². The van der Waals surface area contributed by atoms with E-state index in [0.29, 0.717) is 24.1 Å². The summed E-state index contributed by atoms with van der Waals surface area (Å²) in [6.45, 7) is 3.90. The number of nitrogens with zero attached hydrogens (tertiary/aromatic N) is 3. The van der Waals surface area contributed by atoms with Gasteiger partial charge in [-0.3, -0.25) is 19.2 Å². The minimum atomic E-state index is -0.495. The molecule has 0 unspecified atom stereocenters. The highest BCUT2D eigenvalue weighted by molar-refractivity contribution is 5.98. The first kappa shape index (κ1) is 15.2. The highest BCUT2D eigenvalue weighted by atomic mass is 16.5. The number of hydrogen-bond donors (Lipinski definition) is 0. The van der Waals surface area contributed by atoms with Crippen molar-refractivity contribution in [1.29, 1.82) is 0 Å². The highest BCUT2D eigenvalue weighted by Gasteiger charge is 2.32. The van der Waals surface area contributed by atoms with Gasteiger partial charge in [0.25, 0.3) is 0 Å². The molecule has 2 rings (SSSR count). The summed E-state index contributed by atoms with van der Waals surface area (Å²) in [6, 6.07) is 0. The van der Waals surface area contributed by atoms with Crippen molar-refractivity contribution in [3.05, 3.63) is 17.5 Å². The summed E-state index contributed by atoms with van der Waals surface area (Å²) in [5.41, 5.74) is 0.795. The second-order valence-electron chi connectivity index (χ2n) is 5.24. The van der Waals surface area contributed by atoms with Crippen LogP contribution in [0.3, 0.4) is 0 Å². The predicted octanol–water partition coefficient (Wildman–Crippen LogP) is 0.882. The number of carbonyl (C=O) groups excluding carboxylic acids is 3. The molecule has 1 aliphatic rings. The zero-order valence-electron chi connectivity index (χ0n) is 12.5. The molecular formula is C14H19N3O4. The maximum absolute atomic E-state index is 12.0. The van der Waals surface area contributed by atoms with E-state index in [9.17, 15) is 14.4 Å². The van der Waals surface area contributed by atoms with E-state index in [-0.39, 0.29) is 30.9 Å². The molecule has 0 radical (unpaired) electrons. The third kappa shape index (κ3) is 3.12. The molecule has 0 N–H and O–H groups in total. The molecule has 1 saturated heterocycles. The molecule has 1 aromatic rings. The SMILES string of the molecule is CCOC(=O)c1cnn(C)c1CN1C(=O)CC(C)CC1=O. The molecule has 0 spiro atoms. The van der Waals surface area contributed by atoms with E-state index in [4.69, 9.17) is 4.74 Å². The molecule has 0 bridgehead atoms. The van der Waals surface area contributed by atoms with Crippen LogP contribution < -0.4 is 0 Å². The Bertz CT molecular complexity index is 561. The lowest BCUT2D eigenvalue weighted by atomic mass is 9.97. The van der Waals surface area contributed by atoms with Gasteiger partial charge < -0.3 is 4.74 Å². The standard InChI is InChI=1S/C14H19N3O4/c1-4-21-14(20)10-7-15-16(3)11(10)8-17-12(18)5-9(2)6-13(17)19/h7,9H,4-6,8H2,1-3H3. The quantitative estimate of drug-likeness (QED) is 0.608. The van der Waals surface area contributed by atoms with Gasteiger partial charge in [0, 0.05) is 19.9 Å². The molecule has 0 saturated carbocycles. The minimum absolute atomic E-state index is 0.0506. The first-order valence-corrected chi connectivity index (χ1v) is 6.95. The van der Waals surface area contributed by atoms with Gasteiger partial charge in [-0.2, -0.15) is 5.10 Å². The summed E-state index contributed by atoms with van der Waals surface area (Å²) >= 11 is 0. The van der Waals surface area contributed by atoms with Crippen LogP contribution in [0.15, 0.2) is 6.20 Å². The van der Waals surface area contributed by atoms with Gasteiger partial charge in [0.15, 0.2) is 0 Å². The second kappa shape index (κ2) is 6.07. The molecule has 7 heteroatoms. The van der Waals surface area contributed by atoms with E-state index in [1.165, 1.54) is 15.8 Å². The summed E-state index contributed by atoms with van der Waals surface area (Å²) in [6.07, 6.45) is 2.09. The minimum Gasteiger partial charge on any atom is -0.462 e. The molecule has 114 valence electrons. The number of ether oxygens (including phenoxy) is 1. The number of aryl methyl sites for hydroxylation is 1. The van der Waals surface area contributed by atoms with Crippen LogP contribution in [0, 0.1) is 5.92 Å². The van der Waals surface area contributed by atoms with Gasteiger partial charge in [0.2, 0.25) is 11.8 Å². The van der Waals surface area contributed by atoms with Gasteiger partial charge in [0.05, 0.1) is 25.0 Å². The van der Waals surface area contributed by atoms with Crippen LogP contribution in [0.1, 0.15) is 42.7 Å². The van der Waals surface area contributed by atoms with E-state index in [0.717, 1.165) is 0 Å². The van der Waals surface area contributed by atoms with E-state index in [1.54, 1.807) is 14.0 Å². The molecule has 0 aliphatic carbocycles. The molecule has 1 aromatic heterocycles. The average Bonchev–Trinajstić information content (AvgIpc) is 2.75. The number of rotatable bonds is 4. The zero-order valence-corrected chi connectivity index (χ0v) is 12.5. The molecule has 1 aliphatic heterocycles. The average molecular weight is 293 g/mol. The summed E-state index contributed by atoms with van der Waals surface area (Å²) in [7, 11) is 1.67. The molecule has 1 fully saturated rings. The fourth-order valence-electron chi connectivity index (χ4n) is 2.38. The van der Waals surface area contributed by atoms with Gasteiger partial charge in [-0.1, -0.05) is 6.92 Å². The maximum atomic E-state index is 12.0. The van der Waals surface area contributed by atoms with Crippen molar-refractivity contribution in [2.75, 3.05) is 6.61 Å². The summed E-state index contributed by atoms with van der Waals surface area (Å²) in [5.74, 6) is -0.854. The van der Waals surface area contributed by atoms with Crippen molar-refractivity contribution in [2.24, 2.45) is 13.0 Å². The molecule has 21 heavy (non-hydrogen) atoms. The highest BCUT2D eigenvalue weighted by Crippen LogP contribution is 2.22. The molecular weight excluding hydrogens is 274 g/mol. The zero-order chi connectivity index (χ0) is 15.6. The summed E-state index contributed by atoms with van der Waals surface area (Å²) in [4.78, 5) is 37.1. The lowest BCUT2D eigenvalue weighted by Gasteiger charge is -2.28. The number of carbonyl (C=O) groups is 3. The topological polar surface area (TPSA) is 81.5 Å². The fraction of sp³-hybridized carbons (Fsp3) is 0.571. The fourth-order valence-corrected chi connectivity index (χ4v) is 2.38. The van der Waals surface area contributed by atoms with E-state index in [2.05, 4.69) is 5.10 Å². The van der Waals surface area contributed by atoms with Gasteiger partial charge in [-0.05, 0) is 12.8 Å². The van der Waals surface area contributed by atoms with Crippen molar-refractivity contribution in [3.63, 3.8) is 0 Å². The Morgan fingerprint density at radius 3 is 2.57 bits per heavy atom. The Morgan fingerprint density at radius 2 is 2.00 bits per heavy atom. The van der Waals surface area contributed by atoms with Gasteiger partial charge in [0.1, 0.15) is 5.56 Å². The Hall–Kier alpha value is -2.18. The first-order valence-electron chi connectivity index (χ1n) is 6.95. The smallest absolute Gasteiger partial charge is 0.341 e. The number of imide groups is 1. The number of aromatic nitrogens is 2. The molecule has 0 atom stereocenters. The summed E-state index contributed by atoms with van der Waals surface area (Å²) < 4.78 is 6.45. The molecule has 2 heterocycles. The summed E-state index contributed by atoms with van der Waals surface area (Å²) in [5, 5.41) is 4.02. The Labute approximate surface area is 122 Å². The number of amides is 2. The van der Waals surface area contributed by atoms with Crippen LogP contribution >= 0.6 is 0 Å². The van der Waals surface area contributed by atoms with Crippen LogP contribution in [0.2, 0.25) is 0 Å². The van der Waals surface area contributed by atoms with Crippen LogP contribution in [0.5, 0.6) is 0 Å². The van der Waals surface area contributed by atoms with Crippen LogP contribution in [-0.2, 0) is 27.9 Å². The van der Waals surface area contributed by atoms with Crippen LogP contribution in [0.4, 0.5) is 0 Å². The molecule has 7 nitrogen and oxygen atoms in total. The van der Waals surface area contributed by atoms with E-state index in [1.807, 2.05) is 6.92 Å². The normalized spacial score (nSPS) is 16.4.